The summed E-state index contributed by atoms with van der Waals surface area (Å²) in [5, 5.41) is 0.608. The van der Waals surface area contributed by atoms with Gasteiger partial charge in [0.2, 0.25) is 0 Å². The van der Waals surface area contributed by atoms with Crippen LogP contribution in [0.2, 0.25) is 0 Å². The molecule has 3 aromatic rings. The first-order chi connectivity index (χ1) is 10.8. The number of hydrogen-bond donors (Lipinski definition) is 0. The van der Waals surface area contributed by atoms with Crippen molar-refractivity contribution in [2.75, 3.05) is 0 Å². The summed E-state index contributed by atoms with van der Waals surface area (Å²) in [6.45, 7) is 0. The van der Waals surface area contributed by atoms with Gasteiger partial charge in [0.1, 0.15) is 11.3 Å². The standard InChI is InChI=1S/C16H8BrF3O3/c17-10-4-5-12-13(8-15(21)22-14(12)7-10)9-2-1-3-11(6-9)23-16(18,19)20/h1-8H. The maximum atomic E-state index is 12.3. The van der Waals surface area contributed by atoms with E-state index >= 15 is 0 Å². The Bertz CT molecular complexity index is 932. The highest BCUT2D eigenvalue weighted by Gasteiger charge is 2.31. The van der Waals surface area contributed by atoms with Crippen molar-refractivity contribution in [1.29, 1.82) is 0 Å². The molecule has 0 atom stereocenters. The Hall–Kier alpha value is -2.28. The van der Waals surface area contributed by atoms with Gasteiger partial charge in [-0.05, 0) is 41.5 Å². The monoisotopic (exact) mass is 384 g/mol. The molecule has 0 unspecified atom stereocenters. The summed E-state index contributed by atoms with van der Waals surface area (Å²) in [5.41, 5.74) is 0.639. The minimum Gasteiger partial charge on any atom is -0.423 e. The van der Waals surface area contributed by atoms with Crippen LogP contribution in [0.4, 0.5) is 13.2 Å². The van der Waals surface area contributed by atoms with Crippen molar-refractivity contribution in [3.8, 4) is 16.9 Å². The molecule has 0 aliphatic heterocycles. The molecular formula is C16H8BrF3O3. The molecule has 3 rings (SSSR count). The van der Waals surface area contributed by atoms with Crippen LogP contribution in [0.25, 0.3) is 22.1 Å². The maximum Gasteiger partial charge on any atom is 0.573 e. The van der Waals surface area contributed by atoms with Crippen molar-refractivity contribution in [1.82, 2.24) is 0 Å². The zero-order chi connectivity index (χ0) is 16.6. The molecule has 2 aromatic carbocycles. The molecule has 0 amide bonds. The van der Waals surface area contributed by atoms with Gasteiger partial charge in [-0.2, -0.15) is 0 Å². The molecule has 7 heteroatoms. The number of benzene rings is 2. The van der Waals surface area contributed by atoms with Gasteiger partial charge in [-0.25, -0.2) is 4.79 Å². The van der Waals surface area contributed by atoms with Crippen molar-refractivity contribution in [3.05, 3.63) is 63.4 Å². The molecule has 0 saturated carbocycles. The highest BCUT2D eigenvalue weighted by Crippen LogP contribution is 2.32. The van der Waals surface area contributed by atoms with Crippen molar-refractivity contribution in [2.24, 2.45) is 0 Å². The van der Waals surface area contributed by atoms with Gasteiger partial charge in [0.05, 0.1) is 0 Å². The lowest BCUT2D eigenvalue weighted by atomic mass is 10.0. The van der Waals surface area contributed by atoms with E-state index in [-0.39, 0.29) is 5.75 Å². The highest BCUT2D eigenvalue weighted by atomic mass is 79.9. The Morgan fingerprint density at radius 2 is 1.83 bits per heavy atom. The fourth-order valence-corrected chi connectivity index (χ4v) is 2.58. The van der Waals surface area contributed by atoms with E-state index in [0.717, 1.165) is 4.47 Å². The fraction of sp³-hybridized carbons (Fsp3) is 0.0625. The molecule has 0 N–H and O–H groups in total. The quantitative estimate of drug-likeness (QED) is 0.575. The maximum absolute atomic E-state index is 12.3. The summed E-state index contributed by atoms with van der Waals surface area (Å²) < 4.78 is 46.8. The minimum atomic E-state index is -4.78. The van der Waals surface area contributed by atoms with Crippen molar-refractivity contribution in [3.63, 3.8) is 0 Å². The molecular weight excluding hydrogens is 377 g/mol. The summed E-state index contributed by atoms with van der Waals surface area (Å²) in [6, 6.07) is 11.8. The van der Waals surface area contributed by atoms with Crippen molar-refractivity contribution >= 4 is 26.9 Å². The van der Waals surface area contributed by atoms with Gasteiger partial charge in [-0.15, -0.1) is 13.2 Å². The van der Waals surface area contributed by atoms with E-state index < -0.39 is 12.0 Å². The third kappa shape index (κ3) is 3.56. The third-order valence-corrected chi connectivity index (χ3v) is 3.58. The summed E-state index contributed by atoms with van der Waals surface area (Å²) in [7, 11) is 0. The van der Waals surface area contributed by atoms with Crippen molar-refractivity contribution in [2.45, 2.75) is 6.36 Å². The Kier molecular flexibility index (Phi) is 3.89. The second-order valence-electron chi connectivity index (χ2n) is 4.70. The number of fused-ring (bicyclic) bond motifs is 1. The SMILES string of the molecule is O=c1cc(-c2cccc(OC(F)(F)F)c2)c2ccc(Br)cc2o1. The number of rotatable bonds is 2. The first kappa shape index (κ1) is 15.6. The number of ether oxygens (including phenoxy) is 1. The van der Waals surface area contributed by atoms with Crippen LogP contribution in [-0.2, 0) is 0 Å². The molecule has 0 aliphatic carbocycles. The van der Waals surface area contributed by atoms with E-state index in [1.165, 1.54) is 24.3 Å². The number of alkyl halides is 3. The van der Waals surface area contributed by atoms with E-state index in [1.807, 2.05) is 0 Å². The second kappa shape index (κ2) is 5.73. The van der Waals surface area contributed by atoms with Crippen LogP contribution in [-0.4, -0.2) is 6.36 Å². The van der Waals surface area contributed by atoms with Crippen LogP contribution >= 0.6 is 15.9 Å². The minimum absolute atomic E-state index is 0.337. The molecule has 0 spiro atoms. The largest absolute Gasteiger partial charge is 0.573 e. The number of hydrogen-bond acceptors (Lipinski definition) is 3. The van der Waals surface area contributed by atoms with E-state index in [9.17, 15) is 18.0 Å². The summed E-state index contributed by atoms with van der Waals surface area (Å²) in [4.78, 5) is 11.7. The Labute approximate surface area is 136 Å². The predicted molar refractivity (Wildman–Crippen MR) is 82.3 cm³/mol. The average Bonchev–Trinajstić information content (AvgIpc) is 2.44. The molecule has 0 fully saturated rings. The smallest absolute Gasteiger partial charge is 0.423 e. The third-order valence-electron chi connectivity index (χ3n) is 3.09. The fourth-order valence-electron chi connectivity index (χ4n) is 2.24. The van der Waals surface area contributed by atoms with Crippen molar-refractivity contribution < 1.29 is 22.3 Å². The summed E-state index contributed by atoms with van der Waals surface area (Å²) in [6.07, 6.45) is -4.78. The molecule has 118 valence electrons. The predicted octanol–water partition coefficient (Wildman–Crippen LogP) is 5.12. The first-order valence-electron chi connectivity index (χ1n) is 6.41. The Morgan fingerprint density at radius 3 is 2.57 bits per heavy atom. The normalized spacial score (nSPS) is 11.7. The second-order valence-corrected chi connectivity index (χ2v) is 5.61. The topological polar surface area (TPSA) is 39.4 Å². The molecule has 23 heavy (non-hydrogen) atoms. The zero-order valence-electron chi connectivity index (χ0n) is 11.4. The van der Waals surface area contributed by atoms with Gasteiger partial charge in [-0.3, -0.25) is 0 Å². The van der Waals surface area contributed by atoms with Gasteiger partial charge in [-0.1, -0.05) is 28.1 Å². The van der Waals surface area contributed by atoms with Crippen LogP contribution in [0.5, 0.6) is 5.75 Å². The summed E-state index contributed by atoms with van der Waals surface area (Å²) in [5.74, 6) is -0.353. The van der Waals surface area contributed by atoms with Gasteiger partial charge in [0.15, 0.2) is 0 Å². The van der Waals surface area contributed by atoms with E-state index in [2.05, 4.69) is 20.7 Å². The molecule has 3 nitrogen and oxygen atoms in total. The van der Waals surface area contributed by atoms with Crippen LogP contribution < -0.4 is 10.4 Å². The molecule has 1 aromatic heterocycles. The lowest BCUT2D eigenvalue weighted by Crippen LogP contribution is -2.17. The van der Waals surface area contributed by atoms with Crippen LogP contribution in [0.1, 0.15) is 0 Å². The molecule has 0 saturated heterocycles. The van der Waals surface area contributed by atoms with Gasteiger partial charge < -0.3 is 9.15 Å². The Balaban J connectivity index is 2.17. The number of halogens is 4. The molecule has 0 aliphatic rings. The summed E-state index contributed by atoms with van der Waals surface area (Å²) >= 11 is 3.28. The molecule has 1 heterocycles. The first-order valence-corrected chi connectivity index (χ1v) is 7.21. The van der Waals surface area contributed by atoms with E-state index in [4.69, 9.17) is 4.42 Å². The van der Waals surface area contributed by atoms with Crippen LogP contribution in [0, 0.1) is 0 Å². The lowest BCUT2D eigenvalue weighted by molar-refractivity contribution is -0.274. The van der Waals surface area contributed by atoms with Crippen LogP contribution in [0.3, 0.4) is 0 Å². The Morgan fingerprint density at radius 1 is 1.04 bits per heavy atom. The van der Waals surface area contributed by atoms with Gasteiger partial charge in [0.25, 0.3) is 0 Å². The molecule has 0 bridgehead atoms. The highest BCUT2D eigenvalue weighted by molar-refractivity contribution is 9.10. The average molecular weight is 385 g/mol. The van der Waals surface area contributed by atoms with Crippen LogP contribution in [0.15, 0.2) is 62.2 Å². The van der Waals surface area contributed by atoms with Gasteiger partial charge >= 0.3 is 12.0 Å². The van der Waals surface area contributed by atoms with Gasteiger partial charge in [0, 0.05) is 15.9 Å². The lowest BCUT2D eigenvalue weighted by Gasteiger charge is -2.11. The van der Waals surface area contributed by atoms with E-state index in [0.29, 0.717) is 22.1 Å². The molecule has 0 radical (unpaired) electrons. The zero-order valence-corrected chi connectivity index (χ0v) is 12.9. The van der Waals surface area contributed by atoms with E-state index in [1.54, 1.807) is 24.3 Å².